The molecule has 0 spiro atoms. The zero-order chi connectivity index (χ0) is 17.0. The largest absolute Gasteiger partial charge is 0.467 e. The van der Waals surface area contributed by atoms with Crippen LogP contribution in [0.15, 0.2) is 35.6 Å². The maximum Gasteiger partial charge on any atom is 0.410 e. The van der Waals surface area contributed by atoms with E-state index in [2.05, 4.69) is 5.32 Å². The normalized spacial score (nSPS) is 21.0. The fourth-order valence-electron chi connectivity index (χ4n) is 2.38. The first-order chi connectivity index (χ1) is 10.8. The van der Waals surface area contributed by atoms with E-state index >= 15 is 0 Å². The van der Waals surface area contributed by atoms with E-state index in [1.165, 1.54) is 7.11 Å². The van der Waals surface area contributed by atoms with Crippen molar-refractivity contribution in [2.45, 2.75) is 38.8 Å². The highest BCUT2D eigenvalue weighted by Gasteiger charge is 2.25. The summed E-state index contributed by atoms with van der Waals surface area (Å²) in [6, 6.07) is -0.439. The second kappa shape index (κ2) is 6.89. The van der Waals surface area contributed by atoms with Gasteiger partial charge in [-0.1, -0.05) is 18.2 Å². The van der Waals surface area contributed by atoms with Crippen LogP contribution in [0.1, 0.15) is 27.2 Å². The van der Waals surface area contributed by atoms with E-state index in [1.54, 1.807) is 11.0 Å². The minimum atomic E-state index is -0.484. The molecule has 0 radical (unpaired) electrons. The van der Waals surface area contributed by atoms with Gasteiger partial charge in [0, 0.05) is 19.3 Å². The van der Waals surface area contributed by atoms with Crippen molar-refractivity contribution in [1.29, 1.82) is 0 Å². The zero-order valence-corrected chi connectivity index (χ0v) is 14.1. The molecule has 0 aromatic carbocycles. The molecule has 0 aromatic heterocycles. The average molecular weight is 320 g/mol. The van der Waals surface area contributed by atoms with Crippen molar-refractivity contribution in [2.24, 2.45) is 0 Å². The summed E-state index contributed by atoms with van der Waals surface area (Å²) in [5, 5.41) is 3.01. The molecule has 6 nitrogen and oxygen atoms in total. The molecule has 2 aliphatic rings. The molecule has 0 saturated carbocycles. The number of carbonyl (C=O) groups is 2. The van der Waals surface area contributed by atoms with E-state index in [4.69, 9.17) is 9.47 Å². The maximum absolute atomic E-state index is 12.0. The fraction of sp³-hybridized carbons (Fsp3) is 0.529. The van der Waals surface area contributed by atoms with Gasteiger partial charge in [0.1, 0.15) is 11.6 Å². The molecule has 1 N–H and O–H groups in total. The van der Waals surface area contributed by atoms with Crippen LogP contribution in [0.4, 0.5) is 4.79 Å². The first kappa shape index (κ1) is 17.1. The number of ether oxygens (including phenoxy) is 2. The highest BCUT2D eigenvalue weighted by molar-refractivity contribution is 5.79. The fourth-order valence-corrected chi connectivity index (χ4v) is 2.38. The molecule has 23 heavy (non-hydrogen) atoms. The molecule has 0 aliphatic carbocycles. The molecule has 126 valence electrons. The predicted octanol–water partition coefficient (Wildman–Crippen LogP) is 2.14. The molecule has 2 rings (SSSR count). The molecule has 0 fully saturated rings. The van der Waals surface area contributed by atoms with E-state index in [1.807, 2.05) is 39.1 Å². The smallest absolute Gasteiger partial charge is 0.410 e. The Morgan fingerprint density at radius 1 is 1.35 bits per heavy atom. The minimum Gasteiger partial charge on any atom is -0.467 e. The van der Waals surface area contributed by atoms with Crippen LogP contribution in [-0.2, 0) is 14.3 Å². The van der Waals surface area contributed by atoms with Crippen molar-refractivity contribution >= 4 is 12.1 Å². The predicted molar refractivity (Wildman–Crippen MR) is 86.7 cm³/mol. The lowest BCUT2D eigenvalue weighted by molar-refractivity contribution is -0.141. The van der Waals surface area contributed by atoms with Gasteiger partial charge in [-0.05, 0) is 38.3 Å². The van der Waals surface area contributed by atoms with Gasteiger partial charge in [0.25, 0.3) is 0 Å². The van der Waals surface area contributed by atoms with Gasteiger partial charge in [-0.2, -0.15) is 0 Å². The van der Waals surface area contributed by atoms with Gasteiger partial charge in [0.05, 0.1) is 7.11 Å². The number of methoxy groups -OCH3 is 1. The number of esters is 1. The average Bonchev–Trinajstić information content (AvgIpc) is 2.53. The third kappa shape index (κ3) is 4.61. The SMILES string of the molecule is COC(=O)C1C=CC(C2=CCN(C(=O)OC(C)(C)C)CC2)=CN1. The topological polar surface area (TPSA) is 67.9 Å². The summed E-state index contributed by atoms with van der Waals surface area (Å²) >= 11 is 0. The van der Waals surface area contributed by atoms with E-state index in [0.29, 0.717) is 13.1 Å². The number of hydrogen-bond acceptors (Lipinski definition) is 5. The van der Waals surface area contributed by atoms with Crippen LogP contribution < -0.4 is 5.32 Å². The molecular formula is C17H24N2O4. The van der Waals surface area contributed by atoms with E-state index in [-0.39, 0.29) is 12.1 Å². The van der Waals surface area contributed by atoms with Crippen molar-refractivity contribution in [2.75, 3.05) is 20.2 Å². The summed E-state index contributed by atoms with van der Waals surface area (Å²) in [5.41, 5.74) is 1.69. The summed E-state index contributed by atoms with van der Waals surface area (Å²) in [4.78, 5) is 25.2. The summed E-state index contributed by atoms with van der Waals surface area (Å²) in [5.74, 6) is -0.315. The van der Waals surface area contributed by atoms with Crippen LogP contribution in [0.5, 0.6) is 0 Å². The summed E-state index contributed by atoms with van der Waals surface area (Å²) in [7, 11) is 1.37. The van der Waals surface area contributed by atoms with Crippen LogP contribution in [0.2, 0.25) is 0 Å². The number of dihydropyridines is 1. The Balaban J connectivity index is 1.93. The first-order valence-electron chi connectivity index (χ1n) is 7.70. The first-order valence-corrected chi connectivity index (χ1v) is 7.70. The molecular weight excluding hydrogens is 296 g/mol. The van der Waals surface area contributed by atoms with Gasteiger partial charge < -0.3 is 19.7 Å². The number of rotatable bonds is 2. The number of hydrogen-bond donors (Lipinski definition) is 1. The number of nitrogens with zero attached hydrogens (tertiary/aromatic N) is 1. The van der Waals surface area contributed by atoms with E-state index < -0.39 is 11.6 Å². The zero-order valence-electron chi connectivity index (χ0n) is 14.1. The van der Waals surface area contributed by atoms with Crippen molar-refractivity contribution in [3.05, 3.63) is 35.6 Å². The molecule has 1 unspecified atom stereocenters. The lowest BCUT2D eigenvalue weighted by atomic mass is 9.97. The van der Waals surface area contributed by atoms with Crippen molar-refractivity contribution in [1.82, 2.24) is 10.2 Å². The molecule has 1 atom stereocenters. The van der Waals surface area contributed by atoms with E-state index in [0.717, 1.165) is 17.6 Å². The summed E-state index contributed by atoms with van der Waals surface area (Å²) in [6.45, 7) is 6.72. The van der Waals surface area contributed by atoms with Gasteiger partial charge >= 0.3 is 12.1 Å². The second-order valence-electron chi connectivity index (χ2n) is 6.53. The summed E-state index contributed by atoms with van der Waals surface area (Å²) in [6.07, 6.45) is 7.99. The van der Waals surface area contributed by atoms with Crippen LogP contribution in [0, 0.1) is 0 Å². The third-order valence-electron chi connectivity index (χ3n) is 3.57. The molecule has 2 heterocycles. The highest BCUT2D eigenvalue weighted by Crippen LogP contribution is 2.23. The molecule has 2 aliphatic heterocycles. The maximum atomic E-state index is 12.0. The van der Waals surface area contributed by atoms with Crippen molar-refractivity contribution < 1.29 is 19.1 Å². The Labute approximate surface area is 136 Å². The molecule has 1 amide bonds. The summed E-state index contributed by atoms with van der Waals surface area (Å²) < 4.78 is 10.1. The van der Waals surface area contributed by atoms with Crippen molar-refractivity contribution in [3.63, 3.8) is 0 Å². The van der Waals surface area contributed by atoms with Gasteiger partial charge in [-0.3, -0.25) is 0 Å². The Hall–Kier alpha value is -2.24. The van der Waals surface area contributed by atoms with Crippen LogP contribution in [0.25, 0.3) is 0 Å². The Bertz CT molecular complexity index is 570. The molecule has 0 bridgehead atoms. The Morgan fingerprint density at radius 2 is 2.09 bits per heavy atom. The molecule has 6 heteroatoms. The van der Waals surface area contributed by atoms with Gasteiger partial charge in [0.15, 0.2) is 0 Å². The van der Waals surface area contributed by atoms with Gasteiger partial charge in [0.2, 0.25) is 0 Å². The van der Waals surface area contributed by atoms with Crippen LogP contribution in [-0.4, -0.2) is 48.8 Å². The quantitative estimate of drug-likeness (QED) is 0.790. The highest BCUT2D eigenvalue weighted by atomic mass is 16.6. The molecule has 0 aromatic rings. The number of allylic oxidation sites excluding steroid dienone is 2. The van der Waals surface area contributed by atoms with Crippen LogP contribution >= 0.6 is 0 Å². The monoisotopic (exact) mass is 320 g/mol. The number of carbonyl (C=O) groups excluding carboxylic acids is 2. The van der Waals surface area contributed by atoms with Gasteiger partial charge in [-0.15, -0.1) is 0 Å². The van der Waals surface area contributed by atoms with Gasteiger partial charge in [-0.25, -0.2) is 9.59 Å². The third-order valence-corrected chi connectivity index (χ3v) is 3.57. The second-order valence-corrected chi connectivity index (χ2v) is 6.53. The lowest BCUT2D eigenvalue weighted by Gasteiger charge is -2.30. The standard InChI is InChI=1S/C17H24N2O4/c1-17(2,3)23-16(21)19-9-7-12(8-10-19)13-5-6-14(18-11-13)15(20)22-4/h5-7,11,14,18H,8-10H2,1-4H3. The van der Waals surface area contributed by atoms with Crippen molar-refractivity contribution in [3.8, 4) is 0 Å². The van der Waals surface area contributed by atoms with Crippen LogP contribution in [0.3, 0.4) is 0 Å². The van der Waals surface area contributed by atoms with E-state index in [9.17, 15) is 9.59 Å². The Morgan fingerprint density at radius 3 is 2.57 bits per heavy atom. The Kier molecular flexibility index (Phi) is 5.13. The molecule has 0 saturated heterocycles. The lowest BCUT2D eigenvalue weighted by Crippen LogP contribution is -2.39. The minimum absolute atomic E-state index is 0.287. The number of nitrogens with one attached hydrogen (secondary N) is 1. The number of amides is 1.